The molecule has 2 heterocycles. The van der Waals surface area contributed by atoms with Gasteiger partial charge in [-0.3, -0.25) is 10.1 Å². The van der Waals surface area contributed by atoms with Gasteiger partial charge in [0.1, 0.15) is 0 Å². The minimum Gasteiger partial charge on any atom is -0.339 e. The Kier molecular flexibility index (Phi) is 3.42. The molecule has 0 saturated carbocycles. The normalized spacial score (nSPS) is 21.6. The van der Waals surface area contributed by atoms with Crippen LogP contribution < -0.4 is 5.32 Å². The Labute approximate surface area is 121 Å². The zero-order valence-electron chi connectivity index (χ0n) is 11.9. The summed E-state index contributed by atoms with van der Waals surface area (Å²) < 4.78 is 5.36. The number of hydrogen-bond donors (Lipinski definition) is 1. The fraction of sp³-hybridized carbons (Fsp3) is 0.429. The maximum Gasteiger partial charge on any atom is 0.270 e. The Hall–Kier alpha value is -2.28. The summed E-state index contributed by atoms with van der Waals surface area (Å²) in [5, 5.41) is 18.2. The Morgan fingerprint density at radius 3 is 2.95 bits per heavy atom. The van der Waals surface area contributed by atoms with Gasteiger partial charge in [0, 0.05) is 23.7 Å². The van der Waals surface area contributed by atoms with E-state index in [9.17, 15) is 10.1 Å². The van der Waals surface area contributed by atoms with E-state index in [2.05, 4.69) is 22.4 Å². The van der Waals surface area contributed by atoms with Gasteiger partial charge >= 0.3 is 0 Å². The van der Waals surface area contributed by atoms with Crippen molar-refractivity contribution in [2.45, 2.75) is 32.2 Å². The fourth-order valence-electron chi connectivity index (χ4n) is 2.66. The molecule has 1 fully saturated rings. The lowest BCUT2D eigenvalue weighted by molar-refractivity contribution is -0.384. The molecule has 110 valence electrons. The third-order valence-electron chi connectivity index (χ3n) is 3.96. The number of nitro benzene ring substituents is 1. The van der Waals surface area contributed by atoms with E-state index in [-0.39, 0.29) is 11.6 Å². The van der Waals surface area contributed by atoms with Crippen molar-refractivity contribution in [1.29, 1.82) is 0 Å². The molecule has 0 spiro atoms. The first-order valence-corrected chi connectivity index (χ1v) is 6.88. The molecule has 1 N–H and O–H groups in total. The van der Waals surface area contributed by atoms with Crippen LogP contribution in [-0.2, 0) is 0 Å². The summed E-state index contributed by atoms with van der Waals surface area (Å²) in [4.78, 5) is 14.9. The standard InChI is InChI=1S/C14H16N4O3/c1-8-3-4-10(18(19)20)7-12(8)13-16-14(21-17-13)11-5-6-15-9(11)2/h3-4,7,9,11,15H,5-6H2,1-2H3. The summed E-state index contributed by atoms with van der Waals surface area (Å²) in [6.45, 7) is 4.88. The van der Waals surface area contributed by atoms with Crippen molar-refractivity contribution in [3.8, 4) is 11.4 Å². The van der Waals surface area contributed by atoms with Gasteiger partial charge in [0.2, 0.25) is 11.7 Å². The molecular weight excluding hydrogens is 272 g/mol. The van der Waals surface area contributed by atoms with Crippen LogP contribution in [0.25, 0.3) is 11.4 Å². The maximum absolute atomic E-state index is 10.9. The topological polar surface area (TPSA) is 94.1 Å². The summed E-state index contributed by atoms with van der Waals surface area (Å²) in [7, 11) is 0. The van der Waals surface area contributed by atoms with Crippen LogP contribution in [0.3, 0.4) is 0 Å². The molecule has 7 heteroatoms. The molecule has 21 heavy (non-hydrogen) atoms. The zero-order chi connectivity index (χ0) is 15.0. The molecule has 1 aliphatic rings. The first-order chi connectivity index (χ1) is 10.1. The number of benzene rings is 1. The van der Waals surface area contributed by atoms with E-state index in [4.69, 9.17) is 4.52 Å². The minimum absolute atomic E-state index is 0.0258. The number of rotatable bonds is 3. The summed E-state index contributed by atoms with van der Waals surface area (Å²) in [5.41, 5.74) is 1.54. The van der Waals surface area contributed by atoms with E-state index in [0.717, 1.165) is 18.5 Å². The summed E-state index contributed by atoms with van der Waals surface area (Å²) in [6, 6.07) is 4.95. The van der Waals surface area contributed by atoms with Crippen molar-refractivity contribution >= 4 is 5.69 Å². The fourth-order valence-corrected chi connectivity index (χ4v) is 2.66. The summed E-state index contributed by atoms with van der Waals surface area (Å²) in [6.07, 6.45) is 0.955. The molecule has 0 bridgehead atoms. The number of hydrogen-bond acceptors (Lipinski definition) is 6. The molecule has 0 amide bonds. The Balaban J connectivity index is 1.96. The van der Waals surface area contributed by atoms with Crippen molar-refractivity contribution in [2.24, 2.45) is 0 Å². The highest BCUT2D eigenvalue weighted by Crippen LogP contribution is 2.30. The average Bonchev–Trinajstić information content (AvgIpc) is 3.07. The van der Waals surface area contributed by atoms with Crippen LogP contribution in [0.5, 0.6) is 0 Å². The van der Waals surface area contributed by atoms with Crippen LogP contribution in [0.2, 0.25) is 0 Å². The predicted molar refractivity (Wildman–Crippen MR) is 75.9 cm³/mol. The van der Waals surface area contributed by atoms with Gasteiger partial charge in [-0.2, -0.15) is 4.98 Å². The van der Waals surface area contributed by atoms with Crippen molar-refractivity contribution in [3.05, 3.63) is 39.8 Å². The second-order valence-corrected chi connectivity index (χ2v) is 5.35. The lowest BCUT2D eigenvalue weighted by Crippen LogP contribution is -2.21. The third kappa shape index (κ3) is 2.52. The molecular formula is C14H16N4O3. The number of nitrogens with one attached hydrogen (secondary N) is 1. The van der Waals surface area contributed by atoms with Gasteiger partial charge in [-0.1, -0.05) is 11.2 Å². The predicted octanol–water partition coefficient (Wildman–Crippen LogP) is 2.42. The monoisotopic (exact) mass is 288 g/mol. The van der Waals surface area contributed by atoms with Crippen LogP contribution in [0.15, 0.2) is 22.7 Å². The quantitative estimate of drug-likeness (QED) is 0.688. The number of nitro groups is 1. The first kappa shape index (κ1) is 13.7. The Morgan fingerprint density at radius 1 is 1.48 bits per heavy atom. The molecule has 3 rings (SSSR count). The van der Waals surface area contributed by atoms with Crippen molar-refractivity contribution in [2.75, 3.05) is 6.54 Å². The van der Waals surface area contributed by atoms with Gasteiger partial charge in [0.25, 0.3) is 5.69 Å². The highest BCUT2D eigenvalue weighted by molar-refractivity contribution is 5.63. The molecule has 1 aromatic heterocycles. The number of aryl methyl sites for hydroxylation is 1. The van der Waals surface area contributed by atoms with Crippen molar-refractivity contribution < 1.29 is 9.45 Å². The molecule has 2 aromatic rings. The molecule has 2 atom stereocenters. The van der Waals surface area contributed by atoms with E-state index in [1.165, 1.54) is 12.1 Å². The summed E-state index contributed by atoms with van der Waals surface area (Å²) in [5.74, 6) is 1.20. The van der Waals surface area contributed by atoms with E-state index < -0.39 is 4.92 Å². The SMILES string of the molecule is Cc1ccc([N+](=O)[O-])cc1-c1noc(C2CCNC2C)n1. The van der Waals surface area contributed by atoms with Crippen LogP contribution in [0.1, 0.15) is 30.7 Å². The van der Waals surface area contributed by atoms with Crippen LogP contribution in [0, 0.1) is 17.0 Å². The Bertz CT molecular complexity index is 683. The van der Waals surface area contributed by atoms with Gasteiger partial charge in [-0.25, -0.2) is 0 Å². The second kappa shape index (κ2) is 5.25. The van der Waals surface area contributed by atoms with Gasteiger partial charge in [0.05, 0.1) is 10.8 Å². The van der Waals surface area contributed by atoms with Crippen LogP contribution in [-0.4, -0.2) is 27.7 Å². The maximum atomic E-state index is 10.9. The number of aromatic nitrogens is 2. The lowest BCUT2D eigenvalue weighted by atomic mass is 10.0. The van der Waals surface area contributed by atoms with Gasteiger partial charge in [0.15, 0.2) is 0 Å². The molecule has 0 radical (unpaired) electrons. The summed E-state index contributed by atoms with van der Waals surface area (Å²) >= 11 is 0. The number of non-ortho nitro benzene ring substituents is 1. The third-order valence-corrected chi connectivity index (χ3v) is 3.96. The molecule has 2 unspecified atom stereocenters. The van der Waals surface area contributed by atoms with E-state index in [1.807, 2.05) is 6.92 Å². The second-order valence-electron chi connectivity index (χ2n) is 5.35. The molecule has 1 saturated heterocycles. The zero-order valence-corrected chi connectivity index (χ0v) is 11.9. The van der Waals surface area contributed by atoms with E-state index in [1.54, 1.807) is 6.07 Å². The van der Waals surface area contributed by atoms with Crippen LogP contribution in [0.4, 0.5) is 5.69 Å². The van der Waals surface area contributed by atoms with Crippen LogP contribution >= 0.6 is 0 Å². The molecule has 7 nitrogen and oxygen atoms in total. The highest BCUT2D eigenvalue weighted by atomic mass is 16.6. The first-order valence-electron chi connectivity index (χ1n) is 6.88. The van der Waals surface area contributed by atoms with Gasteiger partial charge in [-0.05, 0) is 32.4 Å². The van der Waals surface area contributed by atoms with Gasteiger partial charge < -0.3 is 9.84 Å². The molecule has 1 aliphatic heterocycles. The average molecular weight is 288 g/mol. The Morgan fingerprint density at radius 2 is 2.29 bits per heavy atom. The van der Waals surface area contributed by atoms with E-state index >= 15 is 0 Å². The smallest absolute Gasteiger partial charge is 0.270 e. The minimum atomic E-state index is -0.424. The van der Waals surface area contributed by atoms with Crippen molar-refractivity contribution in [1.82, 2.24) is 15.5 Å². The van der Waals surface area contributed by atoms with Crippen molar-refractivity contribution in [3.63, 3.8) is 0 Å². The highest BCUT2D eigenvalue weighted by Gasteiger charge is 2.29. The van der Waals surface area contributed by atoms with Gasteiger partial charge in [-0.15, -0.1) is 0 Å². The van der Waals surface area contributed by atoms with E-state index in [0.29, 0.717) is 23.3 Å². The molecule has 1 aromatic carbocycles. The lowest BCUT2D eigenvalue weighted by Gasteiger charge is -2.08. The largest absolute Gasteiger partial charge is 0.339 e. The number of nitrogens with zero attached hydrogens (tertiary/aromatic N) is 3. The molecule has 0 aliphatic carbocycles.